The molecule has 3 aliphatic rings. The summed E-state index contributed by atoms with van der Waals surface area (Å²) in [6, 6.07) is 31.2. The Morgan fingerprint density at radius 2 is 1.36 bits per heavy atom. The van der Waals surface area contributed by atoms with Gasteiger partial charge in [0.25, 0.3) is 0 Å². The zero-order valence-electron chi connectivity index (χ0n) is 23.4. The van der Waals surface area contributed by atoms with E-state index < -0.39 is 36.0 Å². The van der Waals surface area contributed by atoms with E-state index in [9.17, 15) is 14.4 Å². The van der Waals surface area contributed by atoms with Crippen molar-refractivity contribution in [2.24, 2.45) is 11.8 Å². The van der Waals surface area contributed by atoms with E-state index in [0.29, 0.717) is 5.69 Å². The van der Waals surface area contributed by atoms with Crippen LogP contribution in [0.1, 0.15) is 33.9 Å². The topological polar surface area (TPSA) is 66.9 Å². The summed E-state index contributed by atoms with van der Waals surface area (Å²) in [6.45, 7) is 3.87. The summed E-state index contributed by atoms with van der Waals surface area (Å²) < 4.78 is 6.36. The van der Waals surface area contributed by atoms with E-state index in [0.717, 1.165) is 33.5 Å². The number of rotatable bonds is 5. The number of fused-ring (bicyclic) bond motifs is 5. The van der Waals surface area contributed by atoms with Crippen LogP contribution in [0.25, 0.3) is 6.08 Å². The maximum absolute atomic E-state index is 14.4. The second-order valence-corrected chi connectivity index (χ2v) is 11.3. The molecule has 3 aliphatic heterocycles. The van der Waals surface area contributed by atoms with Gasteiger partial charge in [0.05, 0.1) is 23.6 Å². The molecule has 3 heterocycles. The largest absolute Gasteiger partial charge is 0.451 e. The van der Waals surface area contributed by atoms with Crippen molar-refractivity contribution in [3.8, 4) is 0 Å². The van der Waals surface area contributed by atoms with Gasteiger partial charge in [0, 0.05) is 5.69 Å². The monoisotopic (exact) mass is 554 g/mol. The van der Waals surface area contributed by atoms with Gasteiger partial charge >= 0.3 is 5.97 Å². The van der Waals surface area contributed by atoms with Gasteiger partial charge in [-0.25, -0.2) is 9.69 Å². The van der Waals surface area contributed by atoms with Crippen LogP contribution in [-0.4, -0.2) is 29.9 Å². The number of aryl methyl sites for hydroxylation is 2. The van der Waals surface area contributed by atoms with Crippen molar-refractivity contribution in [2.45, 2.75) is 32.0 Å². The van der Waals surface area contributed by atoms with E-state index in [-0.39, 0.29) is 11.8 Å². The summed E-state index contributed by atoms with van der Waals surface area (Å²) in [7, 11) is 0. The number of carbonyl (C=O) groups is 3. The highest BCUT2D eigenvalue weighted by atomic mass is 16.5. The number of ether oxygens (including phenoxy) is 1. The summed E-state index contributed by atoms with van der Waals surface area (Å²) in [5.74, 6) is -2.78. The van der Waals surface area contributed by atoms with E-state index in [1.54, 1.807) is 0 Å². The number of para-hydroxylation sites is 1. The van der Waals surface area contributed by atoms with Crippen LogP contribution in [0.15, 0.2) is 109 Å². The lowest BCUT2D eigenvalue weighted by Crippen LogP contribution is -2.49. The molecule has 2 saturated heterocycles. The van der Waals surface area contributed by atoms with Gasteiger partial charge in [0.1, 0.15) is 6.04 Å². The molecule has 6 heteroatoms. The van der Waals surface area contributed by atoms with Gasteiger partial charge in [-0.15, -0.1) is 0 Å². The van der Waals surface area contributed by atoms with Crippen molar-refractivity contribution in [3.63, 3.8) is 0 Å². The highest BCUT2D eigenvalue weighted by Gasteiger charge is 2.65. The maximum atomic E-state index is 14.4. The Labute approximate surface area is 244 Å². The molecule has 0 bridgehead atoms. The minimum atomic E-state index is -0.978. The van der Waals surface area contributed by atoms with Gasteiger partial charge in [0.2, 0.25) is 11.8 Å². The highest BCUT2D eigenvalue weighted by Crippen LogP contribution is 2.50. The third-order valence-corrected chi connectivity index (χ3v) is 8.69. The maximum Gasteiger partial charge on any atom is 0.330 e. The Balaban J connectivity index is 1.32. The van der Waals surface area contributed by atoms with Gasteiger partial charge in [-0.3, -0.25) is 9.59 Å². The molecular formula is C36H30N2O4. The summed E-state index contributed by atoms with van der Waals surface area (Å²) >= 11 is 0. The summed E-state index contributed by atoms with van der Waals surface area (Å²) in [6.07, 6.45) is 3.27. The molecule has 4 aromatic rings. The smallest absolute Gasteiger partial charge is 0.330 e. The summed E-state index contributed by atoms with van der Waals surface area (Å²) in [5.41, 5.74) is 5.85. The molecule has 4 unspecified atom stereocenters. The average Bonchev–Trinajstić information content (AvgIpc) is 3.49. The Hall–Kier alpha value is -4.97. The number of amides is 2. The second kappa shape index (κ2) is 10.1. The van der Waals surface area contributed by atoms with Crippen molar-refractivity contribution < 1.29 is 19.1 Å². The zero-order valence-corrected chi connectivity index (χ0v) is 23.4. The van der Waals surface area contributed by atoms with E-state index in [2.05, 4.69) is 0 Å². The van der Waals surface area contributed by atoms with E-state index in [4.69, 9.17) is 4.74 Å². The van der Waals surface area contributed by atoms with Crippen LogP contribution in [0.4, 0.5) is 11.4 Å². The molecule has 4 atom stereocenters. The molecule has 0 saturated carbocycles. The number of anilines is 2. The molecule has 0 aromatic heterocycles. The number of imide groups is 1. The van der Waals surface area contributed by atoms with Gasteiger partial charge in [-0.1, -0.05) is 109 Å². The third kappa shape index (κ3) is 4.05. The average molecular weight is 555 g/mol. The minimum absolute atomic E-state index is 0.283. The van der Waals surface area contributed by atoms with Crippen LogP contribution in [-0.2, 0) is 19.1 Å². The van der Waals surface area contributed by atoms with Gasteiger partial charge in [0.15, 0.2) is 6.10 Å². The fourth-order valence-electron chi connectivity index (χ4n) is 6.85. The van der Waals surface area contributed by atoms with Crippen molar-refractivity contribution >= 4 is 35.2 Å². The number of benzene rings is 4. The molecule has 2 fully saturated rings. The molecule has 7 rings (SSSR count). The number of carbonyl (C=O) groups excluding carboxylic acids is 3. The lowest BCUT2D eigenvalue weighted by Gasteiger charge is -2.36. The molecule has 42 heavy (non-hydrogen) atoms. The van der Waals surface area contributed by atoms with E-state index >= 15 is 0 Å². The quantitative estimate of drug-likeness (QED) is 0.223. The van der Waals surface area contributed by atoms with Gasteiger partial charge < -0.3 is 9.64 Å². The van der Waals surface area contributed by atoms with Crippen LogP contribution >= 0.6 is 0 Å². The SMILES string of the molecule is Cc1ccc(N2C(=O)C3C(C2=O)C(C(=O)OC(c2ccccc2)c2ccccc2)N2c4ccccc4C=CC32)c(C)c1. The number of esters is 1. The molecule has 0 spiro atoms. The predicted molar refractivity (Wildman–Crippen MR) is 162 cm³/mol. The molecule has 0 radical (unpaired) electrons. The summed E-state index contributed by atoms with van der Waals surface area (Å²) in [4.78, 5) is 46.1. The van der Waals surface area contributed by atoms with Crippen molar-refractivity contribution in [1.29, 1.82) is 0 Å². The first-order valence-electron chi connectivity index (χ1n) is 14.2. The van der Waals surface area contributed by atoms with Crippen molar-refractivity contribution in [3.05, 3.63) is 137 Å². The van der Waals surface area contributed by atoms with Crippen LogP contribution in [0.2, 0.25) is 0 Å². The molecule has 6 nitrogen and oxygen atoms in total. The first kappa shape index (κ1) is 26.0. The minimum Gasteiger partial charge on any atom is -0.451 e. The zero-order chi connectivity index (χ0) is 29.0. The Morgan fingerprint density at radius 3 is 2.02 bits per heavy atom. The molecule has 0 N–H and O–H groups in total. The molecule has 0 aliphatic carbocycles. The van der Waals surface area contributed by atoms with Crippen LogP contribution in [0.5, 0.6) is 0 Å². The number of hydrogen-bond acceptors (Lipinski definition) is 5. The lowest BCUT2D eigenvalue weighted by molar-refractivity contribution is -0.151. The van der Waals surface area contributed by atoms with Crippen LogP contribution < -0.4 is 9.80 Å². The van der Waals surface area contributed by atoms with Crippen molar-refractivity contribution in [1.82, 2.24) is 0 Å². The third-order valence-electron chi connectivity index (χ3n) is 8.69. The van der Waals surface area contributed by atoms with Crippen molar-refractivity contribution in [2.75, 3.05) is 9.80 Å². The fourth-order valence-corrected chi connectivity index (χ4v) is 6.85. The Kier molecular flexibility index (Phi) is 6.27. The van der Waals surface area contributed by atoms with Crippen LogP contribution in [0.3, 0.4) is 0 Å². The number of nitrogens with zero attached hydrogens (tertiary/aromatic N) is 2. The Morgan fingerprint density at radius 1 is 0.738 bits per heavy atom. The molecule has 208 valence electrons. The van der Waals surface area contributed by atoms with E-state index in [1.165, 1.54) is 4.90 Å². The fraction of sp³-hybridized carbons (Fsp3) is 0.194. The standard InChI is InChI=1S/C36H30N2O4/c1-22-17-19-27(23(2)21-22)38-34(39)30-29-20-18-24-11-9-10-16-28(24)37(29)32(31(30)35(38)40)36(41)42-33(25-12-5-3-6-13-25)26-14-7-4-8-15-26/h3-21,29-33H,1-2H3. The highest BCUT2D eigenvalue weighted by molar-refractivity contribution is 6.25. The lowest BCUT2D eigenvalue weighted by atomic mass is 9.88. The number of hydrogen-bond donors (Lipinski definition) is 0. The van der Waals surface area contributed by atoms with E-state index in [1.807, 2.05) is 134 Å². The molecule has 2 amide bonds. The first-order valence-corrected chi connectivity index (χ1v) is 14.2. The summed E-state index contributed by atoms with van der Waals surface area (Å²) in [5, 5.41) is 0. The normalized spacial score (nSPS) is 22.3. The first-order chi connectivity index (χ1) is 20.4. The molecule has 4 aromatic carbocycles. The van der Waals surface area contributed by atoms with Gasteiger partial charge in [-0.05, 0) is 48.2 Å². The Bertz CT molecular complexity index is 1690. The van der Waals surface area contributed by atoms with Crippen LogP contribution in [0, 0.1) is 25.7 Å². The predicted octanol–water partition coefficient (Wildman–Crippen LogP) is 6.03. The second-order valence-electron chi connectivity index (χ2n) is 11.3. The molecular weight excluding hydrogens is 524 g/mol. The van der Waals surface area contributed by atoms with Gasteiger partial charge in [-0.2, -0.15) is 0 Å².